The van der Waals surface area contributed by atoms with Gasteiger partial charge in [0.1, 0.15) is 0 Å². The quantitative estimate of drug-likeness (QED) is 0.809. The monoisotopic (exact) mass is 401 g/mol. The number of halogens is 1. The van der Waals surface area contributed by atoms with E-state index in [1.807, 2.05) is 6.92 Å². The molecule has 146 valence electrons. The molecule has 8 heteroatoms. The van der Waals surface area contributed by atoms with Gasteiger partial charge >= 0.3 is 0 Å². The van der Waals surface area contributed by atoms with Crippen LogP contribution in [0.25, 0.3) is 0 Å². The van der Waals surface area contributed by atoms with Crippen LogP contribution in [0.15, 0.2) is 23.1 Å². The van der Waals surface area contributed by atoms with Gasteiger partial charge in [-0.15, -0.1) is 12.4 Å². The van der Waals surface area contributed by atoms with Gasteiger partial charge < -0.3 is 10.2 Å². The van der Waals surface area contributed by atoms with Gasteiger partial charge in [0, 0.05) is 37.3 Å². The molecule has 2 N–H and O–H groups in total. The Hall–Kier alpha value is -1.15. The van der Waals surface area contributed by atoms with Crippen molar-refractivity contribution in [2.45, 2.75) is 56.5 Å². The van der Waals surface area contributed by atoms with E-state index >= 15 is 0 Å². The summed E-state index contributed by atoms with van der Waals surface area (Å²) in [6.45, 7) is 5.84. The molecule has 0 spiro atoms. The van der Waals surface area contributed by atoms with Gasteiger partial charge in [0.2, 0.25) is 10.0 Å². The fourth-order valence-corrected chi connectivity index (χ4v) is 5.22. The maximum atomic E-state index is 12.8. The minimum atomic E-state index is -3.60. The van der Waals surface area contributed by atoms with E-state index in [-0.39, 0.29) is 35.3 Å². The zero-order chi connectivity index (χ0) is 18.0. The van der Waals surface area contributed by atoms with Crippen molar-refractivity contribution in [2.24, 2.45) is 0 Å². The lowest BCUT2D eigenvalue weighted by Crippen LogP contribution is -2.51. The number of piperazine rings is 1. The Bertz CT molecular complexity index is 748. The second-order valence-corrected chi connectivity index (χ2v) is 8.87. The summed E-state index contributed by atoms with van der Waals surface area (Å²) < 4.78 is 28.3. The molecule has 1 saturated carbocycles. The van der Waals surface area contributed by atoms with Gasteiger partial charge in [0.05, 0.1) is 4.90 Å². The first-order valence-corrected chi connectivity index (χ1v) is 10.5. The second-order valence-electron chi connectivity index (χ2n) is 7.19. The Morgan fingerprint density at radius 1 is 1.27 bits per heavy atom. The fraction of sp³-hybridized carbons (Fsp3) is 0.611. The van der Waals surface area contributed by atoms with E-state index < -0.39 is 10.0 Å². The number of hydrogen-bond donors (Lipinski definition) is 2. The molecule has 1 aromatic rings. The first-order chi connectivity index (χ1) is 11.9. The zero-order valence-corrected chi connectivity index (χ0v) is 17.0. The second kappa shape index (κ2) is 8.69. The van der Waals surface area contributed by atoms with Crippen molar-refractivity contribution in [2.75, 3.05) is 19.6 Å². The summed E-state index contributed by atoms with van der Waals surface area (Å²) in [7, 11) is -3.60. The summed E-state index contributed by atoms with van der Waals surface area (Å²) in [6, 6.07) is 5.23. The molecule has 0 bridgehead atoms. The number of amides is 1. The van der Waals surface area contributed by atoms with Crippen molar-refractivity contribution in [1.29, 1.82) is 0 Å². The van der Waals surface area contributed by atoms with E-state index in [2.05, 4.69) is 10.0 Å². The lowest BCUT2D eigenvalue weighted by atomic mass is 10.1. The van der Waals surface area contributed by atoms with E-state index in [1.54, 1.807) is 24.0 Å². The number of nitrogens with one attached hydrogen (secondary N) is 2. The molecule has 2 fully saturated rings. The van der Waals surface area contributed by atoms with Gasteiger partial charge in [-0.3, -0.25) is 4.79 Å². The summed E-state index contributed by atoms with van der Waals surface area (Å²) >= 11 is 0. The van der Waals surface area contributed by atoms with Crippen molar-refractivity contribution < 1.29 is 13.2 Å². The van der Waals surface area contributed by atoms with E-state index in [9.17, 15) is 13.2 Å². The molecular formula is C18H28ClN3O3S. The molecule has 26 heavy (non-hydrogen) atoms. The van der Waals surface area contributed by atoms with Crippen molar-refractivity contribution >= 4 is 28.3 Å². The lowest BCUT2D eigenvalue weighted by Gasteiger charge is -2.32. The van der Waals surface area contributed by atoms with Crippen LogP contribution in [0.3, 0.4) is 0 Å². The molecule has 1 aromatic carbocycles. The SMILES string of the molecule is Cc1ccc(C(=O)N2CCNC(C)C2)cc1S(=O)(=O)NC1CCCC1.Cl. The molecule has 0 aromatic heterocycles. The smallest absolute Gasteiger partial charge is 0.253 e. The zero-order valence-electron chi connectivity index (χ0n) is 15.3. The maximum absolute atomic E-state index is 12.8. The van der Waals surface area contributed by atoms with Crippen LogP contribution in [0.4, 0.5) is 0 Å². The minimum absolute atomic E-state index is 0. The first-order valence-electron chi connectivity index (χ1n) is 9.02. The number of aryl methyl sites for hydroxylation is 1. The largest absolute Gasteiger partial charge is 0.336 e. The third kappa shape index (κ3) is 4.76. The predicted octanol–water partition coefficient (Wildman–Crippen LogP) is 2.07. The molecule has 1 amide bonds. The molecule has 0 radical (unpaired) electrons. The van der Waals surface area contributed by atoms with Crippen molar-refractivity contribution in [3.8, 4) is 0 Å². The number of benzene rings is 1. The molecule has 3 rings (SSSR count). The van der Waals surface area contributed by atoms with E-state index in [0.717, 1.165) is 32.2 Å². The highest BCUT2D eigenvalue weighted by Gasteiger charge is 2.27. The van der Waals surface area contributed by atoms with Gasteiger partial charge in [0.15, 0.2) is 0 Å². The Morgan fingerprint density at radius 2 is 1.96 bits per heavy atom. The van der Waals surface area contributed by atoms with E-state index in [0.29, 0.717) is 24.2 Å². The predicted molar refractivity (Wildman–Crippen MR) is 104 cm³/mol. The van der Waals surface area contributed by atoms with Crippen molar-refractivity contribution in [1.82, 2.24) is 14.9 Å². The Morgan fingerprint density at radius 3 is 2.62 bits per heavy atom. The third-order valence-electron chi connectivity index (χ3n) is 5.06. The number of hydrogen-bond acceptors (Lipinski definition) is 4. The van der Waals surface area contributed by atoms with Crippen molar-refractivity contribution in [3.05, 3.63) is 29.3 Å². The van der Waals surface area contributed by atoms with Crippen molar-refractivity contribution in [3.63, 3.8) is 0 Å². The third-order valence-corrected chi connectivity index (χ3v) is 6.72. The number of carbonyl (C=O) groups excluding carboxylic acids is 1. The number of carbonyl (C=O) groups is 1. The van der Waals surface area contributed by atoms with Gasteiger partial charge in [-0.05, 0) is 44.4 Å². The summed E-state index contributed by atoms with van der Waals surface area (Å²) in [5.41, 5.74) is 1.10. The van der Waals surface area contributed by atoms with E-state index in [4.69, 9.17) is 0 Å². The number of nitrogens with zero attached hydrogens (tertiary/aromatic N) is 1. The van der Waals surface area contributed by atoms with Crippen LogP contribution < -0.4 is 10.0 Å². The van der Waals surface area contributed by atoms with E-state index in [1.165, 1.54) is 6.07 Å². The molecular weight excluding hydrogens is 374 g/mol. The molecule has 1 atom stereocenters. The summed E-state index contributed by atoms with van der Waals surface area (Å²) in [5.74, 6) is -0.106. The number of sulfonamides is 1. The highest BCUT2D eigenvalue weighted by atomic mass is 35.5. The average Bonchev–Trinajstić information content (AvgIpc) is 3.06. The normalized spacial score (nSPS) is 21.5. The number of rotatable bonds is 4. The molecule has 1 aliphatic carbocycles. The van der Waals surface area contributed by atoms with Gasteiger partial charge in [0.25, 0.3) is 5.91 Å². The average molecular weight is 402 g/mol. The molecule has 1 heterocycles. The van der Waals surface area contributed by atoms with Crippen LogP contribution in [-0.2, 0) is 10.0 Å². The lowest BCUT2D eigenvalue weighted by molar-refractivity contribution is 0.0709. The molecule has 1 aliphatic heterocycles. The summed E-state index contributed by atoms with van der Waals surface area (Å²) in [5, 5.41) is 3.30. The minimum Gasteiger partial charge on any atom is -0.336 e. The van der Waals surface area contributed by atoms with Crippen LogP contribution in [0.5, 0.6) is 0 Å². The van der Waals surface area contributed by atoms with Gasteiger partial charge in [-0.25, -0.2) is 13.1 Å². The molecule has 2 aliphatic rings. The molecule has 1 saturated heterocycles. The topological polar surface area (TPSA) is 78.5 Å². The fourth-order valence-electron chi connectivity index (χ4n) is 3.65. The summed E-state index contributed by atoms with van der Waals surface area (Å²) in [6.07, 6.45) is 3.89. The van der Waals surface area contributed by atoms with Crippen LogP contribution in [0.2, 0.25) is 0 Å². The molecule has 6 nitrogen and oxygen atoms in total. The molecule has 1 unspecified atom stereocenters. The standard InChI is InChI=1S/C18H27N3O3S.ClH/c1-13-7-8-15(18(22)21-10-9-19-14(2)12-21)11-17(13)25(23,24)20-16-5-3-4-6-16;/h7-8,11,14,16,19-20H,3-6,9-10,12H2,1-2H3;1H. The Labute approximate surface area is 162 Å². The Kier molecular flexibility index (Phi) is 7.07. The van der Waals surface area contributed by atoms with Crippen LogP contribution in [0, 0.1) is 6.92 Å². The first kappa shape index (κ1) is 21.2. The van der Waals surface area contributed by atoms with Gasteiger partial charge in [-0.1, -0.05) is 18.9 Å². The van der Waals surface area contributed by atoms with Crippen LogP contribution in [0.1, 0.15) is 48.5 Å². The highest BCUT2D eigenvalue weighted by molar-refractivity contribution is 7.89. The Balaban J connectivity index is 0.00000243. The van der Waals surface area contributed by atoms with Gasteiger partial charge in [-0.2, -0.15) is 0 Å². The van der Waals surface area contributed by atoms with Crippen LogP contribution in [-0.4, -0.2) is 50.9 Å². The summed E-state index contributed by atoms with van der Waals surface area (Å²) in [4.78, 5) is 14.8. The maximum Gasteiger partial charge on any atom is 0.253 e. The highest BCUT2D eigenvalue weighted by Crippen LogP contribution is 2.23. The van der Waals surface area contributed by atoms with Crippen LogP contribution >= 0.6 is 12.4 Å².